The molecule has 19 heavy (non-hydrogen) atoms. The number of hydrogen-bond donors (Lipinski definition) is 1. The fourth-order valence-corrected chi connectivity index (χ4v) is 2.79. The predicted molar refractivity (Wildman–Crippen MR) is 76.1 cm³/mol. The van der Waals surface area contributed by atoms with E-state index < -0.39 is 0 Å². The van der Waals surface area contributed by atoms with Gasteiger partial charge in [-0.05, 0) is 40.7 Å². The van der Waals surface area contributed by atoms with Crippen LogP contribution in [-0.2, 0) is 11.3 Å². The van der Waals surface area contributed by atoms with Gasteiger partial charge >= 0.3 is 0 Å². The van der Waals surface area contributed by atoms with Crippen molar-refractivity contribution in [1.29, 1.82) is 0 Å². The molecule has 1 aromatic rings. The minimum atomic E-state index is -0.211. The second kappa shape index (κ2) is 4.72. The highest BCUT2D eigenvalue weighted by molar-refractivity contribution is 5.35. The number of hydrogen-bond acceptors (Lipinski definition) is 5. The van der Waals surface area contributed by atoms with Crippen LogP contribution in [0.1, 0.15) is 39.1 Å². The molecule has 5 heteroatoms. The van der Waals surface area contributed by atoms with E-state index in [0.717, 1.165) is 30.4 Å². The predicted octanol–water partition coefficient (Wildman–Crippen LogP) is 1.64. The van der Waals surface area contributed by atoms with Crippen LogP contribution in [0.25, 0.3) is 0 Å². The van der Waals surface area contributed by atoms with Crippen LogP contribution in [0.5, 0.6) is 0 Å². The molecule has 1 fully saturated rings. The van der Waals surface area contributed by atoms with E-state index in [1.54, 1.807) is 0 Å². The summed E-state index contributed by atoms with van der Waals surface area (Å²) < 4.78 is 6.08. The molecule has 1 aliphatic rings. The normalized spacial score (nSPS) is 21.5. The first kappa shape index (κ1) is 14.2. The third kappa shape index (κ3) is 3.42. The molecular formula is C14H24N4O. The van der Waals surface area contributed by atoms with Gasteiger partial charge in [0, 0.05) is 25.3 Å². The zero-order chi connectivity index (χ0) is 14.3. The van der Waals surface area contributed by atoms with Gasteiger partial charge < -0.3 is 15.4 Å². The van der Waals surface area contributed by atoms with Gasteiger partial charge in [0.05, 0.1) is 16.9 Å². The Morgan fingerprint density at radius 1 is 1.21 bits per heavy atom. The molecule has 0 amide bonds. The van der Waals surface area contributed by atoms with Gasteiger partial charge in [-0.2, -0.15) is 0 Å². The zero-order valence-electron chi connectivity index (χ0n) is 12.5. The smallest absolute Gasteiger partial charge is 0.226 e. The molecule has 0 atom stereocenters. The molecule has 0 unspecified atom stereocenters. The maximum absolute atomic E-state index is 6.08. The Hall–Kier alpha value is -1.20. The summed E-state index contributed by atoms with van der Waals surface area (Å²) in [6.07, 6.45) is 0. The highest BCUT2D eigenvalue weighted by atomic mass is 16.5. The molecule has 2 heterocycles. The number of aryl methyl sites for hydroxylation is 1. The van der Waals surface area contributed by atoms with Crippen LogP contribution >= 0.6 is 0 Å². The van der Waals surface area contributed by atoms with Gasteiger partial charge in [-0.1, -0.05) is 0 Å². The van der Waals surface area contributed by atoms with E-state index in [1.165, 1.54) is 0 Å². The van der Waals surface area contributed by atoms with Crippen LogP contribution in [0.2, 0.25) is 0 Å². The number of nitrogens with two attached hydrogens (primary N) is 1. The lowest BCUT2D eigenvalue weighted by Crippen LogP contribution is -2.57. The molecule has 0 aliphatic carbocycles. The van der Waals surface area contributed by atoms with Gasteiger partial charge in [0.2, 0.25) is 5.95 Å². The van der Waals surface area contributed by atoms with Crippen LogP contribution in [0.15, 0.2) is 6.07 Å². The monoisotopic (exact) mass is 264 g/mol. The lowest BCUT2D eigenvalue weighted by atomic mass is 9.99. The third-order valence-electron chi connectivity index (χ3n) is 3.08. The lowest BCUT2D eigenvalue weighted by molar-refractivity contribution is -0.133. The summed E-state index contributed by atoms with van der Waals surface area (Å²) >= 11 is 0. The topological polar surface area (TPSA) is 64.3 Å². The van der Waals surface area contributed by atoms with Crippen LogP contribution in [0.4, 0.5) is 5.95 Å². The number of anilines is 1. The Labute approximate surface area is 115 Å². The molecule has 2 N–H and O–H groups in total. The van der Waals surface area contributed by atoms with E-state index >= 15 is 0 Å². The summed E-state index contributed by atoms with van der Waals surface area (Å²) in [6.45, 7) is 12.4. The summed E-state index contributed by atoms with van der Waals surface area (Å²) in [7, 11) is 0. The van der Waals surface area contributed by atoms with E-state index in [4.69, 9.17) is 10.5 Å². The van der Waals surface area contributed by atoms with E-state index in [-0.39, 0.29) is 11.2 Å². The molecule has 0 aromatic carbocycles. The average Bonchev–Trinajstić information content (AvgIpc) is 2.24. The van der Waals surface area contributed by atoms with Crippen LogP contribution in [0, 0.1) is 6.92 Å². The third-order valence-corrected chi connectivity index (χ3v) is 3.08. The number of aromatic nitrogens is 2. The minimum absolute atomic E-state index is 0.211. The molecule has 2 rings (SSSR count). The highest BCUT2D eigenvalue weighted by Gasteiger charge is 2.39. The quantitative estimate of drug-likeness (QED) is 0.879. The van der Waals surface area contributed by atoms with Crippen molar-refractivity contribution in [1.82, 2.24) is 9.97 Å². The first-order chi connectivity index (χ1) is 8.71. The molecule has 5 nitrogen and oxygen atoms in total. The number of rotatable bonds is 2. The first-order valence-electron chi connectivity index (χ1n) is 6.70. The van der Waals surface area contributed by atoms with Gasteiger partial charge in [-0.3, -0.25) is 0 Å². The molecule has 0 bridgehead atoms. The maximum atomic E-state index is 6.08. The van der Waals surface area contributed by atoms with Gasteiger partial charge in [0.1, 0.15) is 0 Å². The molecule has 1 saturated heterocycles. The van der Waals surface area contributed by atoms with Crippen molar-refractivity contribution in [2.24, 2.45) is 5.73 Å². The van der Waals surface area contributed by atoms with E-state index in [0.29, 0.717) is 6.54 Å². The molecule has 0 spiro atoms. The van der Waals surface area contributed by atoms with Gasteiger partial charge in [0.15, 0.2) is 0 Å². The molecule has 106 valence electrons. The summed E-state index contributed by atoms with van der Waals surface area (Å²) in [5, 5.41) is 0. The van der Waals surface area contributed by atoms with Gasteiger partial charge in [-0.15, -0.1) is 0 Å². The SMILES string of the molecule is Cc1cc(CN)nc(N2CC(C)(C)OC(C)(C)C2)n1. The highest BCUT2D eigenvalue weighted by Crippen LogP contribution is 2.30. The summed E-state index contributed by atoms with van der Waals surface area (Å²) in [4.78, 5) is 11.3. The standard InChI is InChI=1S/C14H24N4O/c1-10-6-11(7-15)17-12(16-10)18-8-13(2,3)19-14(4,5)9-18/h6H,7-9,15H2,1-5H3. The van der Waals surface area contributed by atoms with Crippen LogP contribution < -0.4 is 10.6 Å². The Morgan fingerprint density at radius 3 is 2.32 bits per heavy atom. The second-order valence-electron chi connectivity index (χ2n) is 6.48. The summed E-state index contributed by atoms with van der Waals surface area (Å²) in [6, 6.07) is 1.93. The van der Waals surface area contributed by atoms with Crippen molar-refractivity contribution in [3.63, 3.8) is 0 Å². The Morgan fingerprint density at radius 2 is 1.79 bits per heavy atom. The van der Waals surface area contributed by atoms with Crippen LogP contribution in [-0.4, -0.2) is 34.3 Å². The summed E-state index contributed by atoms with van der Waals surface area (Å²) in [5.74, 6) is 0.755. The van der Waals surface area contributed by atoms with Crippen molar-refractivity contribution >= 4 is 5.95 Å². The zero-order valence-corrected chi connectivity index (χ0v) is 12.5. The number of morpholine rings is 1. The van der Waals surface area contributed by atoms with Crippen molar-refractivity contribution in [2.75, 3.05) is 18.0 Å². The molecule has 1 aliphatic heterocycles. The fraction of sp³-hybridized carbons (Fsp3) is 0.714. The lowest BCUT2D eigenvalue weighted by Gasteiger charge is -2.47. The number of ether oxygens (including phenoxy) is 1. The molecule has 1 aromatic heterocycles. The van der Waals surface area contributed by atoms with Gasteiger partial charge in [-0.25, -0.2) is 9.97 Å². The van der Waals surface area contributed by atoms with Crippen molar-refractivity contribution < 1.29 is 4.74 Å². The summed E-state index contributed by atoms with van der Waals surface area (Å²) in [5.41, 5.74) is 7.10. The fourth-order valence-electron chi connectivity index (χ4n) is 2.79. The van der Waals surface area contributed by atoms with Crippen LogP contribution in [0.3, 0.4) is 0 Å². The molecular weight excluding hydrogens is 240 g/mol. The van der Waals surface area contributed by atoms with E-state index in [9.17, 15) is 0 Å². The van der Waals surface area contributed by atoms with Crippen molar-refractivity contribution in [3.05, 3.63) is 17.5 Å². The Kier molecular flexibility index (Phi) is 3.53. The first-order valence-corrected chi connectivity index (χ1v) is 6.70. The Balaban J connectivity index is 2.33. The average molecular weight is 264 g/mol. The van der Waals surface area contributed by atoms with E-state index in [2.05, 4.69) is 42.6 Å². The second-order valence-corrected chi connectivity index (χ2v) is 6.48. The van der Waals surface area contributed by atoms with Crippen molar-refractivity contribution in [2.45, 2.75) is 52.4 Å². The Bertz CT molecular complexity index is 455. The molecule has 0 saturated carbocycles. The number of nitrogens with zero attached hydrogens (tertiary/aromatic N) is 3. The largest absolute Gasteiger partial charge is 0.366 e. The van der Waals surface area contributed by atoms with E-state index in [1.807, 2.05) is 13.0 Å². The molecule has 0 radical (unpaired) electrons. The maximum Gasteiger partial charge on any atom is 0.226 e. The minimum Gasteiger partial charge on any atom is -0.366 e. The van der Waals surface area contributed by atoms with Gasteiger partial charge in [0.25, 0.3) is 0 Å². The van der Waals surface area contributed by atoms with Crippen molar-refractivity contribution in [3.8, 4) is 0 Å².